The third-order valence-corrected chi connectivity index (χ3v) is 4.78. The lowest BCUT2D eigenvalue weighted by Gasteiger charge is -2.17. The molecule has 1 heterocycles. The Labute approximate surface area is 121 Å². The van der Waals surface area contributed by atoms with E-state index >= 15 is 0 Å². The van der Waals surface area contributed by atoms with Crippen LogP contribution in [-0.4, -0.2) is 22.7 Å². The second-order valence-corrected chi connectivity index (χ2v) is 7.13. The van der Waals surface area contributed by atoms with Gasteiger partial charge in [0, 0.05) is 23.4 Å². The average molecular weight is 284 g/mol. The van der Waals surface area contributed by atoms with Gasteiger partial charge in [0.05, 0.1) is 16.8 Å². The van der Waals surface area contributed by atoms with Crippen LogP contribution in [-0.2, 0) is 0 Å². The normalized spacial score (nSPS) is 15.2. The van der Waals surface area contributed by atoms with Gasteiger partial charge in [-0.25, -0.2) is 4.98 Å². The molecule has 1 aromatic heterocycles. The molecule has 0 fully saturated rings. The predicted molar refractivity (Wildman–Crippen MR) is 82.8 cm³/mol. The lowest BCUT2D eigenvalue weighted by molar-refractivity contribution is 0.143. The summed E-state index contributed by atoms with van der Waals surface area (Å²) < 4.78 is 0. The number of aliphatic hydroxyl groups is 1. The molecule has 0 saturated heterocycles. The van der Waals surface area contributed by atoms with E-state index in [9.17, 15) is 5.11 Å². The quantitative estimate of drug-likeness (QED) is 0.803. The molecular weight excluding hydrogens is 256 g/mol. The largest absolute Gasteiger partial charge is 0.392 e. The summed E-state index contributed by atoms with van der Waals surface area (Å²) in [5.41, 5.74) is 1.12. The van der Waals surface area contributed by atoms with Crippen molar-refractivity contribution < 1.29 is 5.11 Å². The highest BCUT2D eigenvalue weighted by molar-refractivity contribution is 7.11. The van der Waals surface area contributed by atoms with Crippen LogP contribution in [0.5, 0.6) is 0 Å². The molecule has 0 bridgehead atoms. The Hall–Kier alpha value is -0.450. The molecule has 0 aliphatic rings. The van der Waals surface area contributed by atoms with Gasteiger partial charge in [-0.15, -0.1) is 11.3 Å². The van der Waals surface area contributed by atoms with E-state index in [1.807, 2.05) is 0 Å². The number of aryl methyl sites for hydroxylation is 1. The Bertz CT molecular complexity index is 387. The van der Waals surface area contributed by atoms with Gasteiger partial charge in [0.15, 0.2) is 0 Å². The summed E-state index contributed by atoms with van der Waals surface area (Å²) in [6, 6.07) is 0.256. The minimum absolute atomic E-state index is 0.256. The molecule has 2 unspecified atom stereocenters. The number of nitrogens with one attached hydrogen (secondary N) is 1. The molecule has 1 rings (SSSR count). The van der Waals surface area contributed by atoms with Crippen molar-refractivity contribution in [3.8, 4) is 0 Å². The summed E-state index contributed by atoms with van der Waals surface area (Å²) in [4.78, 5) is 5.91. The third kappa shape index (κ3) is 5.21. The van der Waals surface area contributed by atoms with E-state index in [0.29, 0.717) is 18.4 Å². The van der Waals surface area contributed by atoms with Crippen molar-refractivity contribution in [3.05, 3.63) is 15.6 Å². The minimum atomic E-state index is -0.264. The minimum Gasteiger partial charge on any atom is -0.392 e. The summed E-state index contributed by atoms with van der Waals surface area (Å²) in [6.07, 6.45) is 0.582. The maximum Gasteiger partial charge on any atom is 0.0956 e. The first-order valence-electron chi connectivity index (χ1n) is 7.19. The maximum atomic E-state index is 9.90. The molecule has 0 aliphatic heterocycles. The van der Waals surface area contributed by atoms with E-state index in [4.69, 9.17) is 0 Å². The second kappa shape index (κ2) is 7.36. The van der Waals surface area contributed by atoms with E-state index in [1.165, 1.54) is 9.88 Å². The van der Waals surface area contributed by atoms with Crippen LogP contribution in [0, 0.1) is 12.8 Å². The molecule has 0 radical (unpaired) electrons. The van der Waals surface area contributed by atoms with Gasteiger partial charge in [-0.2, -0.15) is 0 Å². The van der Waals surface area contributed by atoms with Crippen molar-refractivity contribution >= 4 is 11.3 Å². The first kappa shape index (κ1) is 16.6. The van der Waals surface area contributed by atoms with E-state index in [2.05, 4.69) is 51.8 Å². The standard InChI is InChI=1S/C15H28N2OS/c1-9(2)7-13(18)8-16-11(5)14-12(6)17-15(19-14)10(3)4/h9-11,13,16,18H,7-8H2,1-6H3. The van der Waals surface area contributed by atoms with Crippen LogP contribution in [0.25, 0.3) is 0 Å². The van der Waals surface area contributed by atoms with Gasteiger partial charge in [-0.3, -0.25) is 0 Å². The predicted octanol–water partition coefficient (Wildman–Crippen LogP) is 3.63. The van der Waals surface area contributed by atoms with E-state index in [-0.39, 0.29) is 12.1 Å². The smallest absolute Gasteiger partial charge is 0.0956 e. The van der Waals surface area contributed by atoms with Crippen LogP contribution < -0.4 is 5.32 Å². The number of aromatic nitrogens is 1. The summed E-state index contributed by atoms with van der Waals surface area (Å²) >= 11 is 1.79. The zero-order valence-corrected chi connectivity index (χ0v) is 13.8. The van der Waals surface area contributed by atoms with Crippen LogP contribution in [0.4, 0.5) is 0 Å². The van der Waals surface area contributed by atoms with E-state index in [0.717, 1.165) is 12.1 Å². The molecule has 0 spiro atoms. The van der Waals surface area contributed by atoms with E-state index in [1.54, 1.807) is 11.3 Å². The second-order valence-electron chi connectivity index (χ2n) is 6.07. The Morgan fingerprint density at radius 1 is 1.21 bits per heavy atom. The van der Waals surface area contributed by atoms with Crippen molar-refractivity contribution in [2.45, 2.75) is 66.0 Å². The lowest BCUT2D eigenvalue weighted by Crippen LogP contribution is -2.29. The van der Waals surface area contributed by atoms with Crippen LogP contribution in [0.15, 0.2) is 0 Å². The Balaban J connectivity index is 2.56. The highest BCUT2D eigenvalue weighted by Crippen LogP contribution is 2.29. The van der Waals surface area contributed by atoms with Crippen LogP contribution >= 0.6 is 11.3 Å². The summed E-state index contributed by atoms with van der Waals surface area (Å²) in [5.74, 6) is 1.01. The van der Waals surface area contributed by atoms with Crippen LogP contribution in [0.3, 0.4) is 0 Å². The molecule has 0 amide bonds. The molecule has 3 nitrogen and oxygen atoms in total. The Kier molecular flexibility index (Phi) is 6.43. The first-order valence-corrected chi connectivity index (χ1v) is 8.01. The fraction of sp³-hybridized carbons (Fsp3) is 0.800. The summed E-state index contributed by atoms with van der Waals surface area (Å²) in [6.45, 7) is 13.5. The molecular formula is C15H28N2OS. The first-order chi connectivity index (χ1) is 8.81. The summed E-state index contributed by atoms with van der Waals surface area (Å²) in [7, 11) is 0. The lowest BCUT2D eigenvalue weighted by atomic mass is 10.1. The monoisotopic (exact) mass is 284 g/mol. The number of thiazole rings is 1. The molecule has 2 N–H and O–H groups in total. The van der Waals surface area contributed by atoms with Crippen LogP contribution in [0.1, 0.15) is 68.6 Å². The van der Waals surface area contributed by atoms with Gasteiger partial charge in [0.25, 0.3) is 0 Å². The fourth-order valence-electron chi connectivity index (χ4n) is 2.11. The molecule has 0 aliphatic carbocycles. The zero-order chi connectivity index (χ0) is 14.6. The molecule has 4 heteroatoms. The van der Waals surface area contributed by atoms with Gasteiger partial charge in [0.2, 0.25) is 0 Å². The Morgan fingerprint density at radius 3 is 2.32 bits per heavy atom. The van der Waals surface area contributed by atoms with Crippen molar-refractivity contribution in [3.63, 3.8) is 0 Å². The number of nitrogens with zero attached hydrogens (tertiary/aromatic N) is 1. The van der Waals surface area contributed by atoms with E-state index < -0.39 is 0 Å². The highest BCUT2D eigenvalue weighted by atomic mass is 32.1. The average Bonchev–Trinajstić information content (AvgIpc) is 2.67. The van der Waals surface area contributed by atoms with Crippen LogP contribution in [0.2, 0.25) is 0 Å². The molecule has 0 aromatic carbocycles. The van der Waals surface area contributed by atoms with Gasteiger partial charge >= 0.3 is 0 Å². The fourth-order valence-corrected chi connectivity index (χ4v) is 3.21. The van der Waals surface area contributed by atoms with Gasteiger partial charge < -0.3 is 10.4 Å². The van der Waals surface area contributed by atoms with Crippen molar-refractivity contribution in [2.75, 3.05) is 6.54 Å². The maximum absolute atomic E-state index is 9.90. The third-order valence-electron chi connectivity index (χ3n) is 3.14. The van der Waals surface area contributed by atoms with Gasteiger partial charge in [-0.05, 0) is 26.2 Å². The van der Waals surface area contributed by atoms with Crippen molar-refractivity contribution in [1.82, 2.24) is 10.3 Å². The number of aliphatic hydroxyl groups excluding tert-OH is 1. The van der Waals surface area contributed by atoms with Gasteiger partial charge in [0.1, 0.15) is 0 Å². The van der Waals surface area contributed by atoms with Crippen molar-refractivity contribution in [1.29, 1.82) is 0 Å². The summed E-state index contributed by atoms with van der Waals surface area (Å²) in [5, 5.41) is 14.5. The topological polar surface area (TPSA) is 45.2 Å². The molecule has 1 aromatic rings. The number of hydrogen-bond acceptors (Lipinski definition) is 4. The van der Waals surface area contributed by atoms with Crippen molar-refractivity contribution in [2.24, 2.45) is 5.92 Å². The SMILES string of the molecule is Cc1nc(C(C)C)sc1C(C)NCC(O)CC(C)C. The molecule has 0 saturated carbocycles. The zero-order valence-electron chi connectivity index (χ0n) is 13.0. The number of hydrogen-bond donors (Lipinski definition) is 2. The molecule has 110 valence electrons. The van der Waals surface area contributed by atoms with Gasteiger partial charge in [-0.1, -0.05) is 27.7 Å². The molecule has 19 heavy (non-hydrogen) atoms. The molecule has 2 atom stereocenters. The number of rotatable bonds is 7. The Morgan fingerprint density at radius 2 is 1.84 bits per heavy atom. The highest BCUT2D eigenvalue weighted by Gasteiger charge is 2.16.